The number of nitrogens with two attached hydrogens (primary N) is 1. The summed E-state index contributed by atoms with van der Waals surface area (Å²) in [5.74, 6) is -0.339. The summed E-state index contributed by atoms with van der Waals surface area (Å²) in [4.78, 5) is 10.2. The molecule has 0 heterocycles. The first-order valence-electron chi connectivity index (χ1n) is 3.71. The summed E-state index contributed by atoms with van der Waals surface area (Å²) in [6.45, 7) is 1.96. The number of hydrogen-bond acceptors (Lipinski definition) is 4. The lowest BCUT2D eigenvalue weighted by Gasteiger charge is -1.98. The van der Waals surface area contributed by atoms with E-state index in [-0.39, 0.29) is 5.91 Å². The first-order valence-corrected chi connectivity index (χ1v) is 3.71. The number of carbonyl (C=O) groups is 1. The summed E-state index contributed by atoms with van der Waals surface area (Å²) in [5.41, 5.74) is 7.22. The van der Waals surface area contributed by atoms with Crippen molar-refractivity contribution in [2.45, 2.75) is 26.0 Å². The van der Waals surface area contributed by atoms with Crippen LogP contribution >= 0.6 is 0 Å². The monoisotopic (exact) mass is 174 g/mol. The van der Waals surface area contributed by atoms with Gasteiger partial charge in [-0.2, -0.15) is 5.11 Å². The highest BCUT2D eigenvalue weighted by Crippen LogP contribution is 1.87. The Balaban J connectivity index is 3.19. The Bertz CT molecular complexity index is 158. The van der Waals surface area contributed by atoms with Gasteiger partial charge in [0.25, 0.3) is 0 Å². The van der Waals surface area contributed by atoms with E-state index in [1.807, 2.05) is 0 Å². The average molecular weight is 174 g/mol. The molecule has 0 bridgehead atoms. The summed E-state index contributed by atoms with van der Waals surface area (Å²) >= 11 is 0. The fourth-order valence-electron chi connectivity index (χ4n) is 0.498. The van der Waals surface area contributed by atoms with Gasteiger partial charge < -0.3 is 10.8 Å². The molecule has 1 amide bonds. The van der Waals surface area contributed by atoms with E-state index in [4.69, 9.17) is 10.8 Å². The zero-order valence-electron chi connectivity index (χ0n) is 7.03. The number of rotatable bonds is 6. The van der Waals surface area contributed by atoms with Gasteiger partial charge >= 0.3 is 0 Å². The highest BCUT2D eigenvalue weighted by Gasteiger charge is 1.92. The van der Waals surface area contributed by atoms with Crippen molar-refractivity contribution in [2.24, 2.45) is 16.1 Å². The zero-order valence-corrected chi connectivity index (χ0v) is 7.03. The van der Waals surface area contributed by atoms with Crippen LogP contribution in [0.4, 0.5) is 0 Å². The molecule has 0 aliphatic heterocycles. The maximum Gasteiger partial charge on any atom is 0.217 e. The minimum absolute atomic E-state index is 0.313. The summed E-state index contributed by atoms with van der Waals surface area (Å²) in [5, 5.41) is 15.7. The van der Waals surface area contributed by atoms with E-state index in [0.29, 0.717) is 19.4 Å². The van der Waals surface area contributed by atoms with Crippen molar-refractivity contribution in [1.82, 2.24) is 5.43 Å². The molecule has 0 rings (SSSR count). The van der Waals surface area contributed by atoms with Crippen molar-refractivity contribution < 1.29 is 9.90 Å². The molecule has 0 saturated heterocycles. The van der Waals surface area contributed by atoms with Crippen molar-refractivity contribution in [3.63, 3.8) is 0 Å². The predicted octanol–water partition coefficient (Wildman–Crippen LogP) is -0.453. The lowest BCUT2D eigenvalue weighted by atomic mass is 10.3. The van der Waals surface area contributed by atoms with E-state index in [9.17, 15) is 4.79 Å². The van der Waals surface area contributed by atoms with Crippen molar-refractivity contribution in [1.29, 1.82) is 0 Å². The Morgan fingerprint density at radius 3 is 2.92 bits per heavy atom. The maximum absolute atomic E-state index is 10.2. The van der Waals surface area contributed by atoms with Crippen LogP contribution in [-0.2, 0) is 4.79 Å². The molecule has 1 atom stereocenters. The van der Waals surface area contributed by atoms with Crippen LogP contribution in [0.1, 0.15) is 19.8 Å². The van der Waals surface area contributed by atoms with Crippen LogP contribution in [0.15, 0.2) is 10.3 Å². The molecule has 12 heavy (non-hydrogen) atoms. The SMILES string of the molecule is CC(O)NN=NCCCC(N)=O. The van der Waals surface area contributed by atoms with Gasteiger partial charge in [0, 0.05) is 6.42 Å². The molecule has 1 unspecified atom stereocenters. The van der Waals surface area contributed by atoms with Gasteiger partial charge in [-0.15, -0.1) is 0 Å². The number of aliphatic hydroxyl groups excluding tert-OH is 1. The molecule has 0 aromatic carbocycles. The summed E-state index contributed by atoms with van der Waals surface area (Å²) in [6, 6.07) is 0. The molecule has 0 saturated carbocycles. The fourth-order valence-corrected chi connectivity index (χ4v) is 0.498. The van der Waals surface area contributed by atoms with Gasteiger partial charge in [0.15, 0.2) is 0 Å². The van der Waals surface area contributed by atoms with Crippen LogP contribution in [0.3, 0.4) is 0 Å². The third-order valence-electron chi connectivity index (χ3n) is 0.997. The predicted molar refractivity (Wildman–Crippen MR) is 43.0 cm³/mol. The molecule has 0 radical (unpaired) electrons. The Morgan fingerprint density at radius 2 is 2.42 bits per heavy atom. The second-order valence-electron chi connectivity index (χ2n) is 2.34. The Kier molecular flexibility index (Phi) is 5.90. The quantitative estimate of drug-likeness (QED) is 0.220. The molecule has 0 aliphatic carbocycles. The smallest absolute Gasteiger partial charge is 0.217 e. The number of carbonyl (C=O) groups excluding carboxylic acids is 1. The first-order chi connectivity index (χ1) is 5.63. The first kappa shape index (κ1) is 10.8. The number of primary amides is 1. The molecular weight excluding hydrogens is 160 g/mol. The van der Waals surface area contributed by atoms with Crippen molar-refractivity contribution in [3.8, 4) is 0 Å². The normalized spacial score (nSPS) is 13.2. The molecule has 0 aliphatic rings. The molecule has 0 fully saturated rings. The van der Waals surface area contributed by atoms with Gasteiger partial charge in [-0.05, 0) is 13.3 Å². The highest BCUT2D eigenvalue weighted by atomic mass is 16.3. The van der Waals surface area contributed by atoms with Crippen LogP contribution in [0, 0.1) is 0 Å². The fraction of sp³-hybridized carbons (Fsp3) is 0.833. The molecule has 0 aromatic rings. The molecule has 4 N–H and O–H groups in total. The number of amides is 1. The average Bonchev–Trinajstić information content (AvgIpc) is 1.95. The minimum atomic E-state index is -0.704. The van der Waals surface area contributed by atoms with E-state index >= 15 is 0 Å². The summed E-state index contributed by atoms with van der Waals surface area (Å²) < 4.78 is 0. The molecular formula is C6H14N4O2. The number of aliphatic hydroxyl groups is 1. The van der Waals surface area contributed by atoms with Gasteiger partial charge in [0.2, 0.25) is 5.91 Å². The highest BCUT2D eigenvalue weighted by molar-refractivity contribution is 5.73. The number of nitrogens with zero attached hydrogens (tertiary/aromatic N) is 2. The lowest BCUT2D eigenvalue weighted by molar-refractivity contribution is -0.118. The van der Waals surface area contributed by atoms with E-state index in [2.05, 4.69) is 15.8 Å². The number of hydrogen-bond donors (Lipinski definition) is 3. The minimum Gasteiger partial charge on any atom is -0.373 e. The van der Waals surface area contributed by atoms with Gasteiger partial charge in [0.05, 0.1) is 6.54 Å². The standard InChI is InChI=1S/C6H14N4O2/c1-5(11)9-10-8-4-2-3-6(7)12/h5,11H,2-4H2,1H3,(H2,7,12)(H,8,9). The van der Waals surface area contributed by atoms with Crippen molar-refractivity contribution in [3.05, 3.63) is 0 Å². The molecule has 6 nitrogen and oxygen atoms in total. The van der Waals surface area contributed by atoms with Crippen LogP contribution in [0.25, 0.3) is 0 Å². The third-order valence-corrected chi connectivity index (χ3v) is 0.997. The topological polar surface area (TPSA) is 100 Å². The van der Waals surface area contributed by atoms with Crippen LogP contribution in [-0.4, -0.2) is 23.8 Å². The number of nitrogens with one attached hydrogen (secondary N) is 1. The Morgan fingerprint density at radius 1 is 1.75 bits per heavy atom. The van der Waals surface area contributed by atoms with Crippen molar-refractivity contribution >= 4 is 5.91 Å². The van der Waals surface area contributed by atoms with E-state index < -0.39 is 6.23 Å². The maximum atomic E-state index is 10.2. The van der Waals surface area contributed by atoms with Gasteiger partial charge in [-0.1, -0.05) is 5.22 Å². The third kappa shape index (κ3) is 8.83. The molecule has 0 aromatic heterocycles. The second kappa shape index (κ2) is 6.53. The van der Waals surface area contributed by atoms with Crippen LogP contribution in [0.5, 0.6) is 0 Å². The molecule has 6 heteroatoms. The molecule has 70 valence electrons. The van der Waals surface area contributed by atoms with E-state index in [1.54, 1.807) is 0 Å². The Labute approximate surface area is 70.8 Å². The van der Waals surface area contributed by atoms with Gasteiger partial charge in [-0.25, -0.2) is 0 Å². The molecule has 0 spiro atoms. The Hall–Kier alpha value is -1.17. The zero-order chi connectivity index (χ0) is 9.40. The second-order valence-corrected chi connectivity index (χ2v) is 2.34. The summed E-state index contributed by atoms with van der Waals surface area (Å²) in [7, 11) is 0. The van der Waals surface area contributed by atoms with E-state index in [1.165, 1.54) is 6.92 Å². The van der Waals surface area contributed by atoms with Crippen LogP contribution in [0.2, 0.25) is 0 Å². The summed E-state index contributed by atoms with van der Waals surface area (Å²) in [6.07, 6.45) is 0.193. The largest absolute Gasteiger partial charge is 0.373 e. The van der Waals surface area contributed by atoms with Gasteiger partial charge in [-0.3, -0.25) is 10.2 Å². The van der Waals surface area contributed by atoms with Crippen molar-refractivity contribution in [2.75, 3.05) is 6.54 Å². The van der Waals surface area contributed by atoms with E-state index in [0.717, 1.165) is 0 Å². The van der Waals surface area contributed by atoms with Gasteiger partial charge in [0.1, 0.15) is 6.23 Å². The van der Waals surface area contributed by atoms with Crippen LogP contribution < -0.4 is 11.2 Å². The lowest BCUT2D eigenvalue weighted by Crippen LogP contribution is -2.18.